The predicted molar refractivity (Wildman–Crippen MR) is 87.6 cm³/mol. The first kappa shape index (κ1) is 15.3. The van der Waals surface area contributed by atoms with Gasteiger partial charge in [0, 0.05) is 28.9 Å². The maximum atomic E-state index is 12.1. The zero-order chi connectivity index (χ0) is 15.2. The monoisotopic (exact) mass is 299 g/mol. The van der Waals surface area contributed by atoms with Crippen molar-refractivity contribution in [1.82, 2.24) is 5.32 Å². The fraction of sp³-hybridized carbons (Fsp3) is 0.167. The van der Waals surface area contributed by atoms with Gasteiger partial charge in [-0.05, 0) is 43.7 Å². The maximum Gasteiger partial charge on any atom is 0.187 e. The van der Waals surface area contributed by atoms with E-state index >= 15 is 0 Å². The summed E-state index contributed by atoms with van der Waals surface area (Å²) < 4.78 is 0. The zero-order valence-electron chi connectivity index (χ0n) is 12.2. The summed E-state index contributed by atoms with van der Waals surface area (Å²) in [6.45, 7) is 4.66. The maximum absolute atomic E-state index is 12.1. The first-order valence-electron chi connectivity index (χ1n) is 6.82. The van der Waals surface area contributed by atoms with Crippen LogP contribution in [0.1, 0.15) is 28.4 Å². The van der Waals surface area contributed by atoms with E-state index < -0.39 is 0 Å². The van der Waals surface area contributed by atoms with Crippen LogP contribution in [0.25, 0.3) is 0 Å². The van der Waals surface area contributed by atoms with E-state index in [2.05, 4.69) is 36.5 Å². The Balaban J connectivity index is 1.95. The van der Waals surface area contributed by atoms with Crippen molar-refractivity contribution < 1.29 is 4.79 Å². The molecule has 0 atom stereocenters. The van der Waals surface area contributed by atoms with Gasteiger partial charge in [-0.1, -0.05) is 41.4 Å². The molecule has 0 aliphatic heterocycles. The molecule has 0 aliphatic carbocycles. The third-order valence-electron chi connectivity index (χ3n) is 3.17. The number of hydrogen-bond acceptors (Lipinski definition) is 2. The molecule has 2 nitrogen and oxygen atoms in total. The van der Waals surface area contributed by atoms with Gasteiger partial charge >= 0.3 is 0 Å². The van der Waals surface area contributed by atoms with Gasteiger partial charge in [-0.25, -0.2) is 0 Å². The molecule has 2 aromatic carbocycles. The van der Waals surface area contributed by atoms with Crippen LogP contribution in [0, 0.1) is 6.92 Å². The van der Waals surface area contributed by atoms with Crippen LogP contribution in [0.15, 0.2) is 60.3 Å². The Morgan fingerprint density at radius 1 is 1.10 bits per heavy atom. The van der Waals surface area contributed by atoms with Crippen molar-refractivity contribution in [2.45, 2.75) is 20.4 Å². The second-order valence-corrected chi connectivity index (χ2v) is 5.47. The summed E-state index contributed by atoms with van der Waals surface area (Å²) in [4.78, 5) is 12.1. The Kier molecular flexibility index (Phi) is 5.18. The minimum Gasteiger partial charge on any atom is -0.384 e. The second-order valence-electron chi connectivity index (χ2n) is 5.04. The van der Waals surface area contributed by atoms with Crippen molar-refractivity contribution in [2.75, 3.05) is 0 Å². The van der Waals surface area contributed by atoms with Crippen LogP contribution in [-0.4, -0.2) is 5.78 Å². The second kappa shape index (κ2) is 7.09. The van der Waals surface area contributed by atoms with Gasteiger partial charge in [-0.3, -0.25) is 4.79 Å². The molecule has 0 bridgehead atoms. The molecule has 0 fully saturated rings. The summed E-state index contributed by atoms with van der Waals surface area (Å²) in [6.07, 6.45) is 1.61. The molecule has 0 heterocycles. The lowest BCUT2D eigenvalue weighted by molar-refractivity contribution is 0.104. The number of nitrogens with one attached hydrogen (secondary N) is 1. The highest BCUT2D eigenvalue weighted by Gasteiger charge is 2.03. The molecule has 0 amide bonds. The molecule has 3 heteroatoms. The topological polar surface area (TPSA) is 29.1 Å². The molecule has 0 aromatic heterocycles. The average Bonchev–Trinajstić information content (AvgIpc) is 2.47. The van der Waals surface area contributed by atoms with Crippen LogP contribution in [0.3, 0.4) is 0 Å². The van der Waals surface area contributed by atoms with E-state index in [1.54, 1.807) is 30.3 Å². The number of halogens is 1. The van der Waals surface area contributed by atoms with Gasteiger partial charge in [-0.2, -0.15) is 0 Å². The van der Waals surface area contributed by atoms with E-state index in [1.807, 2.05) is 6.92 Å². The molecule has 2 rings (SSSR count). The predicted octanol–water partition coefficient (Wildman–Crippen LogP) is 4.52. The highest BCUT2D eigenvalue weighted by atomic mass is 35.5. The lowest BCUT2D eigenvalue weighted by atomic mass is 10.1. The Hall–Kier alpha value is -2.06. The number of allylic oxidation sites excluding steroid dienone is 2. The molecule has 21 heavy (non-hydrogen) atoms. The van der Waals surface area contributed by atoms with Crippen molar-refractivity contribution in [3.8, 4) is 0 Å². The summed E-state index contributed by atoms with van der Waals surface area (Å²) >= 11 is 5.81. The summed E-state index contributed by atoms with van der Waals surface area (Å²) in [6, 6.07) is 15.2. The van der Waals surface area contributed by atoms with Gasteiger partial charge in [0.2, 0.25) is 0 Å². The summed E-state index contributed by atoms with van der Waals surface area (Å²) in [7, 11) is 0. The van der Waals surface area contributed by atoms with Crippen molar-refractivity contribution in [2.24, 2.45) is 0 Å². The minimum atomic E-state index is -0.0272. The highest BCUT2D eigenvalue weighted by Crippen LogP contribution is 2.11. The van der Waals surface area contributed by atoms with Crippen molar-refractivity contribution in [3.63, 3.8) is 0 Å². The molecule has 0 saturated heterocycles. The fourth-order valence-corrected chi connectivity index (χ4v) is 2.02. The normalized spacial score (nSPS) is 11.3. The highest BCUT2D eigenvalue weighted by molar-refractivity contribution is 6.30. The van der Waals surface area contributed by atoms with Gasteiger partial charge < -0.3 is 5.32 Å². The third kappa shape index (κ3) is 4.76. The first-order valence-corrected chi connectivity index (χ1v) is 7.20. The third-order valence-corrected chi connectivity index (χ3v) is 3.42. The van der Waals surface area contributed by atoms with E-state index in [1.165, 1.54) is 11.1 Å². The summed E-state index contributed by atoms with van der Waals surface area (Å²) in [5, 5.41) is 3.87. The Morgan fingerprint density at radius 3 is 2.33 bits per heavy atom. The van der Waals surface area contributed by atoms with Gasteiger partial charge in [0.25, 0.3) is 0 Å². The number of benzene rings is 2. The molecule has 0 saturated carbocycles. The van der Waals surface area contributed by atoms with Crippen molar-refractivity contribution in [3.05, 3.63) is 82.0 Å². The molecule has 0 unspecified atom stereocenters. The SMILES string of the molecule is C/C(=C\C(=O)c1ccc(Cl)cc1)NCc1ccc(C)cc1. The number of ketones is 1. The smallest absolute Gasteiger partial charge is 0.187 e. The largest absolute Gasteiger partial charge is 0.384 e. The van der Waals surface area contributed by atoms with Crippen molar-refractivity contribution >= 4 is 17.4 Å². The number of carbonyl (C=O) groups excluding carboxylic acids is 1. The van der Waals surface area contributed by atoms with E-state index in [0.29, 0.717) is 17.1 Å². The van der Waals surface area contributed by atoms with Gasteiger partial charge in [0.1, 0.15) is 0 Å². The number of carbonyl (C=O) groups is 1. The van der Waals surface area contributed by atoms with Gasteiger partial charge in [-0.15, -0.1) is 0 Å². The average molecular weight is 300 g/mol. The molecule has 0 spiro atoms. The van der Waals surface area contributed by atoms with Crippen LogP contribution >= 0.6 is 11.6 Å². The molecule has 0 radical (unpaired) electrons. The van der Waals surface area contributed by atoms with Crippen LogP contribution in [0.2, 0.25) is 5.02 Å². The molecular formula is C18H18ClNO. The van der Waals surface area contributed by atoms with E-state index in [-0.39, 0.29) is 5.78 Å². The fourth-order valence-electron chi connectivity index (χ4n) is 1.89. The molecule has 0 aliphatic rings. The summed E-state index contributed by atoms with van der Waals surface area (Å²) in [5.41, 5.74) is 3.91. The van der Waals surface area contributed by atoms with E-state index in [4.69, 9.17) is 11.6 Å². The molecule has 1 N–H and O–H groups in total. The van der Waals surface area contributed by atoms with Crippen LogP contribution in [0.4, 0.5) is 0 Å². The number of rotatable bonds is 5. The lowest BCUT2D eigenvalue weighted by Crippen LogP contribution is -2.12. The molecular weight excluding hydrogens is 282 g/mol. The standard InChI is InChI=1S/C18H18ClNO/c1-13-3-5-15(6-4-13)12-20-14(2)11-18(21)16-7-9-17(19)10-8-16/h3-11,20H,12H2,1-2H3/b14-11+. The van der Waals surface area contributed by atoms with E-state index in [9.17, 15) is 4.79 Å². The van der Waals surface area contributed by atoms with Gasteiger partial charge in [0.15, 0.2) is 5.78 Å². The van der Waals surface area contributed by atoms with Crippen molar-refractivity contribution in [1.29, 1.82) is 0 Å². The number of aryl methyl sites for hydroxylation is 1. The quantitative estimate of drug-likeness (QED) is 0.649. The summed E-state index contributed by atoms with van der Waals surface area (Å²) in [5.74, 6) is -0.0272. The Labute approximate surface area is 130 Å². The minimum absolute atomic E-state index is 0.0272. The molecule has 108 valence electrons. The van der Waals surface area contributed by atoms with Crippen LogP contribution in [-0.2, 0) is 6.54 Å². The lowest BCUT2D eigenvalue weighted by Gasteiger charge is -2.07. The van der Waals surface area contributed by atoms with Gasteiger partial charge in [0.05, 0.1) is 0 Å². The number of hydrogen-bond donors (Lipinski definition) is 1. The van der Waals surface area contributed by atoms with Crippen LogP contribution < -0.4 is 5.32 Å². The van der Waals surface area contributed by atoms with E-state index in [0.717, 1.165) is 5.70 Å². The molecule has 2 aromatic rings. The Bertz CT molecular complexity index is 642. The zero-order valence-corrected chi connectivity index (χ0v) is 12.9. The van der Waals surface area contributed by atoms with Crippen LogP contribution in [0.5, 0.6) is 0 Å². The Morgan fingerprint density at radius 2 is 1.71 bits per heavy atom. The first-order chi connectivity index (χ1) is 10.0.